The number of aryl methyl sites for hydroxylation is 1. The molecule has 0 aliphatic heterocycles. The summed E-state index contributed by atoms with van der Waals surface area (Å²) < 4.78 is 15.1. The monoisotopic (exact) mass is 219 g/mol. The van der Waals surface area contributed by atoms with Crippen molar-refractivity contribution in [3.63, 3.8) is 0 Å². The summed E-state index contributed by atoms with van der Waals surface area (Å²) >= 11 is 0. The highest BCUT2D eigenvalue weighted by Gasteiger charge is 2.07. The van der Waals surface area contributed by atoms with Gasteiger partial charge in [-0.05, 0) is 31.2 Å². The van der Waals surface area contributed by atoms with Crippen molar-refractivity contribution < 1.29 is 4.39 Å². The van der Waals surface area contributed by atoms with Crippen molar-refractivity contribution in [1.29, 1.82) is 0 Å². The quantitative estimate of drug-likeness (QED) is 0.855. The van der Waals surface area contributed by atoms with Crippen molar-refractivity contribution in [2.75, 3.05) is 6.54 Å². The van der Waals surface area contributed by atoms with Crippen LogP contribution in [0.15, 0.2) is 30.7 Å². The fraction of sp³-hybridized carbons (Fsp3) is 0.250. The van der Waals surface area contributed by atoms with E-state index in [0.717, 1.165) is 23.4 Å². The Labute approximate surface area is 93.7 Å². The largest absolute Gasteiger partial charge is 0.330 e. The molecule has 4 heteroatoms. The molecule has 0 spiro atoms. The molecule has 0 saturated carbocycles. The average Bonchev–Trinajstić information content (AvgIpc) is 2.70. The van der Waals surface area contributed by atoms with Crippen molar-refractivity contribution in [3.8, 4) is 5.69 Å². The molecule has 0 radical (unpaired) electrons. The van der Waals surface area contributed by atoms with E-state index >= 15 is 0 Å². The Morgan fingerprint density at radius 1 is 1.44 bits per heavy atom. The number of nitrogens with zero attached hydrogens (tertiary/aromatic N) is 2. The molecule has 0 atom stereocenters. The van der Waals surface area contributed by atoms with Gasteiger partial charge in [0.25, 0.3) is 0 Å². The Balaban J connectivity index is 2.49. The third kappa shape index (κ3) is 1.97. The fourth-order valence-corrected chi connectivity index (χ4v) is 1.71. The van der Waals surface area contributed by atoms with Crippen LogP contribution in [-0.4, -0.2) is 16.1 Å². The molecule has 2 aromatic rings. The van der Waals surface area contributed by atoms with Crippen LogP contribution in [0.4, 0.5) is 4.39 Å². The maximum Gasteiger partial charge on any atom is 0.125 e. The predicted molar refractivity (Wildman–Crippen MR) is 61.0 cm³/mol. The number of nitrogens with two attached hydrogens (primary N) is 1. The smallest absolute Gasteiger partial charge is 0.125 e. The molecule has 0 aliphatic carbocycles. The lowest BCUT2D eigenvalue weighted by atomic mass is 10.2. The zero-order chi connectivity index (χ0) is 11.5. The van der Waals surface area contributed by atoms with Crippen molar-refractivity contribution >= 4 is 0 Å². The van der Waals surface area contributed by atoms with Gasteiger partial charge in [-0.15, -0.1) is 0 Å². The molecule has 16 heavy (non-hydrogen) atoms. The van der Waals surface area contributed by atoms with Gasteiger partial charge in [-0.1, -0.05) is 6.07 Å². The molecule has 3 nitrogen and oxygen atoms in total. The Morgan fingerprint density at radius 2 is 2.25 bits per heavy atom. The number of rotatable bonds is 3. The summed E-state index contributed by atoms with van der Waals surface area (Å²) in [4.78, 5) is 4.07. The van der Waals surface area contributed by atoms with E-state index in [2.05, 4.69) is 4.98 Å². The molecule has 1 aromatic carbocycles. The van der Waals surface area contributed by atoms with Crippen LogP contribution in [0.1, 0.15) is 11.3 Å². The summed E-state index contributed by atoms with van der Waals surface area (Å²) in [6.45, 7) is 2.50. The molecule has 0 fully saturated rings. The van der Waals surface area contributed by atoms with Crippen LogP contribution in [0.25, 0.3) is 5.69 Å². The standard InChI is InChI=1S/C12H14FN3/c1-9-2-3-10(13)6-12(9)16-8-15-7-11(16)4-5-14/h2-3,6-8H,4-5,14H2,1H3. The van der Waals surface area contributed by atoms with Gasteiger partial charge < -0.3 is 10.3 Å². The lowest BCUT2D eigenvalue weighted by Gasteiger charge is -2.10. The number of aromatic nitrogens is 2. The zero-order valence-electron chi connectivity index (χ0n) is 9.15. The highest BCUT2D eigenvalue weighted by atomic mass is 19.1. The highest BCUT2D eigenvalue weighted by Crippen LogP contribution is 2.17. The number of benzene rings is 1. The molecule has 84 valence electrons. The second-order valence-corrected chi connectivity index (χ2v) is 3.72. The maximum absolute atomic E-state index is 13.2. The van der Waals surface area contributed by atoms with Crippen molar-refractivity contribution in [2.45, 2.75) is 13.3 Å². The van der Waals surface area contributed by atoms with Crippen molar-refractivity contribution in [2.24, 2.45) is 5.73 Å². The molecule has 0 bridgehead atoms. The van der Waals surface area contributed by atoms with Crippen LogP contribution in [-0.2, 0) is 6.42 Å². The van der Waals surface area contributed by atoms with Gasteiger partial charge in [-0.2, -0.15) is 0 Å². The van der Waals surface area contributed by atoms with Gasteiger partial charge in [0.05, 0.1) is 12.0 Å². The topological polar surface area (TPSA) is 43.8 Å². The first-order chi connectivity index (χ1) is 7.72. The molecule has 0 amide bonds. The zero-order valence-corrected chi connectivity index (χ0v) is 9.15. The summed E-state index contributed by atoms with van der Waals surface area (Å²) in [5.41, 5.74) is 8.35. The fourth-order valence-electron chi connectivity index (χ4n) is 1.71. The minimum Gasteiger partial charge on any atom is -0.330 e. The summed E-state index contributed by atoms with van der Waals surface area (Å²) in [6, 6.07) is 4.73. The van der Waals surface area contributed by atoms with E-state index in [1.54, 1.807) is 18.6 Å². The third-order valence-corrected chi connectivity index (χ3v) is 2.55. The SMILES string of the molecule is Cc1ccc(F)cc1-n1cncc1CCN. The first-order valence-corrected chi connectivity index (χ1v) is 5.20. The van der Waals surface area contributed by atoms with Gasteiger partial charge in [0, 0.05) is 18.3 Å². The Kier molecular flexibility index (Phi) is 3.01. The van der Waals surface area contributed by atoms with Gasteiger partial charge in [-0.25, -0.2) is 9.37 Å². The van der Waals surface area contributed by atoms with Crippen LogP contribution >= 0.6 is 0 Å². The van der Waals surface area contributed by atoms with Gasteiger partial charge >= 0.3 is 0 Å². The summed E-state index contributed by atoms with van der Waals surface area (Å²) in [5, 5.41) is 0. The van der Waals surface area contributed by atoms with E-state index in [1.165, 1.54) is 12.1 Å². The van der Waals surface area contributed by atoms with Gasteiger partial charge in [0.15, 0.2) is 0 Å². The number of hydrogen-bond donors (Lipinski definition) is 1. The van der Waals surface area contributed by atoms with Crippen LogP contribution < -0.4 is 5.73 Å². The average molecular weight is 219 g/mol. The molecule has 2 N–H and O–H groups in total. The molecular weight excluding hydrogens is 205 g/mol. The maximum atomic E-state index is 13.2. The molecule has 0 unspecified atom stereocenters. The van der Waals surface area contributed by atoms with E-state index in [-0.39, 0.29) is 5.82 Å². The van der Waals surface area contributed by atoms with Gasteiger partial charge in [-0.3, -0.25) is 0 Å². The Hall–Kier alpha value is -1.68. The second-order valence-electron chi connectivity index (χ2n) is 3.72. The van der Waals surface area contributed by atoms with Gasteiger partial charge in [0.1, 0.15) is 5.82 Å². The molecule has 1 heterocycles. The Morgan fingerprint density at radius 3 is 3.00 bits per heavy atom. The van der Waals surface area contributed by atoms with E-state index in [9.17, 15) is 4.39 Å². The minimum absolute atomic E-state index is 0.243. The van der Waals surface area contributed by atoms with E-state index < -0.39 is 0 Å². The summed E-state index contributed by atoms with van der Waals surface area (Å²) in [7, 11) is 0. The van der Waals surface area contributed by atoms with E-state index in [0.29, 0.717) is 6.54 Å². The summed E-state index contributed by atoms with van der Waals surface area (Å²) in [6.07, 6.45) is 4.18. The van der Waals surface area contributed by atoms with E-state index in [4.69, 9.17) is 5.73 Å². The van der Waals surface area contributed by atoms with Crippen LogP contribution in [0.2, 0.25) is 0 Å². The Bertz CT molecular complexity index is 491. The lowest BCUT2D eigenvalue weighted by Crippen LogP contribution is -2.08. The normalized spacial score (nSPS) is 10.7. The van der Waals surface area contributed by atoms with Crippen LogP contribution in [0, 0.1) is 12.7 Å². The summed E-state index contributed by atoms with van der Waals surface area (Å²) in [5.74, 6) is -0.243. The molecule has 0 saturated heterocycles. The number of imidazole rings is 1. The molecular formula is C12H14FN3. The second kappa shape index (κ2) is 4.45. The third-order valence-electron chi connectivity index (χ3n) is 2.55. The first-order valence-electron chi connectivity index (χ1n) is 5.20. The molecule has 0 aliphatic rings. The number of hydrogen-bond acceptors (Lipinski definition) is 2. The van der Waals surface area contributed by atoms with Crippen molar-refractivity contribution in [3.05, 3.63) is 47.8 Å². The molecule has 2 rings (SSSR count). The predicted octanol–water partition coefficient (Wildman–Crippen LogP) is 1.82. The first kappa shape index (κ1) is 10.8. The van der Waals surface area contributed by atoms with E-state index in [1.807, 2.05) is 11.5 Å². The van der Waals surface area contributed by atoms with Crippen molar-refractivity contribution in [1.82, 2.24) is 9.55 Å². The molecule has 1 aromatic heterocycles. The van der Waals surface area contributed by atoms with Crippen LogP contribution in [0.5, 0.6) is 0 Å². The van der Waals surface area contributed by atoms with Crippen LogP contribution in [0.3, 0.4) is 0 Å². The number of halogens is 1. The van der Waals surface area contributed by atoms with Gasteiger partial charge in [0.2, 0.25) is 0 Å². The highest BCUT2D eigenvalue weighted by molar-refractivity contribution is 5.41. The minimum atomic E-state index is -0.243. The lowest BCUT2D eigenvalue weighted by molar-refractivity contribution is 0.625.